The van der Waals surface area contributed by atoms with E-state index in [9.17, 15) is 9.18 Å². The standard InChI is InChI=1S/C14H21FN2O2/c1-4-12(14(16)18)19-13-8-10(15)6-7-11(13)9(3)17-5-2/h6-9,12,17H,4-5H2,1-3H3,(H2,16,18). The van der Waals surface area contributed by atoms with E-state index in [2.05, 4.69) is 5.32 Å². The topological polar surface area (TPSA) is 64.3 Å². The molecular weight excluding hydrogens is 247 g/mol. The van der Waals surface area contributed by atoms with Gasteiger partial charge in [0.05, 0.1) is 0 Å². The van der Waals surface area contributed by atoms with Crippen molar-refractivity contribution in [2.75, 3.05) is 6.54 Å². The minimum absolute atomic E-state index is 0.00554. The van der Waals surface area contributed by atoms with Gasteiger partial charge in [-0.15, -0.1) is 0 Å². The van der Waals surface area contributed by atoms with Crippen molar-refractivity contribution in [1.29, 1.82) is 0 Å². The summed E-state index contributed by atoms with van der Waals surface area (Å²) in [7, 11) is 0. The highest BCUT2D eigenvalue weighted by Crippen LogP contribution is 2.27. The van der Waals surface area contributed by atoms with Crippen LogP contribution >= 0.6 is 0 Å². The van der Waals surface area contributed by atoms with E-state index in [1.54, 1.807) is 13.0 Å². The van der Waals surface area contributed by atoms with Crippen LogP contribution in [-0.2, 0) is 4.79 Å². The summed E-state index contributed by atoms with van der Waals surface area (Å²) in [5, 5.41) is 3.22. The fourth-order valence-corrected chi connectivity index (χ4v) is 1.88. The maximum Gasteiger partial charge on any atom is 0.258 e. The van der Waals surface area contributed by atoms with Crippen molar-refractivity contribution in [2.24, 2.45) is 5.73 Å². The number of hydrogen-bond acceptors (Lipinski definition) is 3. The lowest BCUT2D eigenvalue weighted by Gasteiger charge is -2.21. The normalized spacial score (nSPS) is 13.9. The smallest absolute Gasteiger partial charge is 0.258 e. The van der Waals surface area contributed by atoms with E-state index in [-0.39, 0.29) is 6.04 Å². The van der Waals surface area contributed by atoms with Gasteiger partial charge in [0.2, 0.25) is 0 Å². The molecule has 0 aliphatic carbocycles. The summed E-state index contributed by atoms with van der Waals surface area (Å²) in [4.78, 5) is 11.2. The van der Waals surface area contributed by atoms with E-state index in [4.69, 9.17) is 10.5 Å². The van der Waals surface area contributed by atoms with Crippen molar-refractivity contribution < 1.29 is 13.9 Å². The van der Waals surface area contributed by atoms with Crippen LogP contribution in [0.5, 0.6) is 5.75 Å². The molecule has 5 heteroatoms. The van der Waals surface area contributed by atoms with Crippen LogP contribution in [0.4, 0.5) is 4.39 Å². The molecule has 0 radical (unpaired) electrons. The molecule has 0 aliphatic heterocycles. The van der Waals surface area contributed by atoms with Crippen LogP contribution in [-0.4, -0.2) is 18.6 Å². The Bertz CT molecular complexity index is 437. The molecule has 2 atom stereocenters. The quantitative estimate of drug-likeness (QED) is 0.796. The van der Waals surface area contributed by atoms with Gasteiger partial charge in [-0.3, -0.25) is 4.79 Å². The zero-order chi connectivity index (χ0) is 14.4. The number of nitrogens with two attached hydrogens (primary N) is 1. The predicted octanol–water partition coefficient (Wildman–Crippen LogP) is 2.14. The summed E-state index contributed by atoms with van der Waals surface area (Å²) in [6, 6.07) is 4.33. The number of hydrogen-bond donors (Lipinski definition) is 2. The number of nitrogens with one attached hydrogen (secondary N) is 1. The molecule has 4 nitrogen and oxygen atoms in total. The van der Waals surface area contributed by atoms with Crippen molar-refractivity contribution in [2.45, 2.75) is 39.3 Å². The van der Waals surface area contributed by atoms with Gasteiger partial charge in [0.15, 0.2) is 6.10 Å². The van der Waals surface area contributed by atoms with Crippen LogP contribution in [0.2, 0.25) is 0 Å². The van der Waals surface area contributed by atoms with Crippen molar-refractivity contribution in [3.05, 3.63) is 29.6 Å². The molecule has 0 aliphatic rings. The van der Waals surface area contributed by atoms with Gasteiger partial charge in [0.1, 0.15) is 11.6 Å². The lowest BCUT2D eigenvalue weighted by Crippen LogP contribution is -2.33. The fraction of sp³-hybridized carbons (Fsp3) is 0.500. The van der Waals surface area contributed by atoms with E-state index in [1.165, 1.54) is 12.1 Å². The Kier molecular flexibility index (Phi) is 5.76. The molecule has 0 fully saturated rings. The molecule has 0 spiro atoms. The Morgan fingerprint density at radius 3 is 2.68 bits per heavy atom. The first-order valence-electron chi connectivity index (χ1n) is 6.48. The van der Waals surface area contributed by atoms with E-state index in [1.807, 2.05) is 13.8 Å². The first-order valence-corrected chi connectivity index (χ1v) is 6.48. The summed E-state index contributed by atoms with van der Waals surface area (Å²) in [5.74, 6) is -0.588. The highest BCUT2D eigenvalue weighted by atomic mass is 19.1. The van der Waals surface area contributed by atoms with E-state index < -0.39 is 17.8 Å². The van der Waals surface area contributed by atoms with Gasteiger partial charge in [0.25, 0.3) is 5.91 Å². The first-order chi connectivity index (χ1) is 8.99. The zero-order valence-corrected chi connectivity index (χ0v) is 11.6. The SMILES string of the molecule is CCNC(C)c1ccc(F)cc1OC(CC)C(N)=O. The summed E-state index contributed by atoms with van der Waals surface area (Å²) >= 11 is 0. The first kappa shape index (κ1) is 15.4. The molecular formula is C14H21FN2O2. The van der Waals surface area contributed by atoms with Crippen LogP contribution in [0.25, 0.3) is 0 Å². The van der Waals surface area contributed by atoms with Crippen LogP contribution in [0.1, 0.15) is 38.8 Å². The summed E-state index contributed by atoms with van der Waals surface area (Å²) in [5.41, 5.74) is 6.05. The highest BCUT2D eigenvalue weighted by Gasteiger charge is 2.19. The lowest BCUT2D eigenvalue weighted by atomic mass is 10.1. The Morgan fingerprint density at radius 1 is 1.47 bits per heavy atom. The van der Waals surface area contributed by atoms with Crippen LogP contribution in [0, 0.1) is 5.82 Å². The lowest BCUT2D eigenvalue weighted by molar-refractivity contribution is -0.124. The van der Waals surface area contributed by atoms with Crippen LogP contribution < -0.4 is 15.8 Å². The molecule has 1 aromatic rings. The summed E-state index contributed by atoms with van der Waals surface area (Å²) in [6.07, 6.45) is -0.296. The summed E-state index contributed by atoms with van der Waals surface area (Å²) < 4.78 is 18.9. The average Bonchev–Trinajstić information content (AvgIpc) is 2.35. The molecule has 2 unspecified atom stereocenters. The number of primary amides is 1. The van der Waals surface area contributed by atoms with Crippen molar-refractivity contribution in [1.82, 2.24) is 5.32 Å². The Morgan fingerprint density at radius 2 is 2.16 bits per heavy atom. The van der Waals surface area contributed by atoms with Crippen LogP contribution in [0.15, 0.2) is 18.2 Å². The van der Waals surface area contributed by atoms with Crippen molar-refractivity contribution in [3.8, 4) is 5.75 Å². The second-order valence-electron chi connectivity index (χ2n) is 4.38. The molecule has 1 rings (SSSR count). The molecule has 0 aromatic heterocycles. The largest absolute Gasteiger partial charge is 0.480 e. The fourth-order valence-electron chi connectivity index (χ4n) is 1.88. The average molecular weight is 268 g/mol. The third-order valence-electron chi connectivity index (χ3n) is 2.91. The minimum atomic E-state index is -0.741. The Balaban J connectivity index is 3.02. The van der Waals surface area contributed by atoms with Crippen molar-refractivity contribution >= 4 is 5.91 Å². The molecule has 1 aromatic carbocycles. The molecule has 19 heavy (non-hydrogen) atoms. The van der Waals surface area contributed by atoms with Gasteiger partial charge in [0, 0.05) is 17.7 Å². The van der Waals surface area contributed by atoms with E-state index in [0.29, 0.717) is 12.2 Å². The molecule has 0 saturated heterocycles. The van der Waals surface area contributed by atoms with E-state index >= 15 is 0 Å². The maximum atomic E-state index is 13.3. The Labute approximate surface area is 113 Å². The maximum absolute atomic E-state index is 13.3. The van der Waals surface area contributed by atoms with E-state index in [0.717, 1.165) is 12.1 Å². The minimum Gasteiger partial charge on any atom is -0.480 e. The monoisotopic (exact) mass is 268 g/mol. The number of benzene rings is 1. The van der Waals surface area contributed by atoms with Gasteiger partial charge in [-0.05, 0) is 26.0 Å². The molecule has 1 amide bonds. The number of carbonyl (C=O) groups is 1. The van der Waals surface area contributed by atoms with Gasteiger partial charge in [-0.25, -0.2) is 4.39 Å². The van der Waals surface area contributed by atoms with Gasteiger partial charge in [-0.1, -0.05) is 19.9 Å². The summed E-state index contributed by atoms with van der Waals surface area (Å²) in [6.45, 7) is 6.51. The number of ether oxygens (including phenoxy) is 1. The predicted molar refractivity (Wildman–Crippen MR) is 72.4 cm³/mol. The number of carbonyl (C=O) groups excluding carboxylic acids is 1. The second-order valence-corrected chi connectivity index (χ2v) is 4.38. The molecule has 0 bridgehead atoms. The van der Waals surface area contributed by atoms with Gasteiger partial charge < -0.3 is 15.8 Å². The van der Waals surface area contributed by atoms with Gasteiger partial charge >= 0.3 is 0 Å². The highest BCUT2D eigenvalue weighted by molar-refractivity contribution is 5.79. The third-order valence-corrected chi connectivity index (χ3v) is 2.91. The van der Waals surface area contributed by atoms with Crippen LogP contribution in [0.3, 0.4) is 0 Å². The molecule has 0 heterocycles. The third kappa shape index (κ3) is 4.21. The Hall–Kier alpha value is -1.62. The molecule has 106 valence electrons. The van der Waals surface area contributed by atoms with Crippen molar-refractivity contribution in [3.63, 3.8) is 0 Å². The second kappa shape index (κ2) is 7.09. The number of halogens is 1. The number of amides is 1. The molecule has 0 saturated carbocycles. The van der Waals surface area contributed by atoms with Gasteiger partial charge in [-0.2, -0.15) is 0 Å². The zero-order valence-electron chi connectivity index (χ0n) is 11.6. The number of rotatable bonds is 7. The molecule has 3 N–H and O–H groups in total.